The lowest BCUT2D eigenvalue weighted by Crippen LogP contribution is -2.56. The SMILES string of the molecule is CC(C)CN1C(=O)c2ccccc2C(C(=O)Nc2ccc(F)c(OC(F)(F)F)c2)C1C(C=N)C=N. The number of alkyl halides is 3. The smallest absolute Gasteiger partial charge is 0.403 e. The van der Waals surface area contributed by atoms with E-state index in [1.54, 1.807) is 24.3 Å². The largest absolute Gasteiger partial charge is 0.573 e. The molecule has 0 aliphatic carbocycles. The highest BCUT2D eigenvalue weighted by atomic mass is 19.4. The van der Waals surface area contributed by atoms with Crippen molar-refractivity contribution in [2.75, 3.05) is 11.9 Å². The van der Waals surface area contributed by atoms with Crippen molar-refractivity contribution in [3.63, 3.8) is 0 Å². The van der Waals surface area contributed by atoms with E-state index in [-0.39, 0.29) is 29.6 Å². The summed E-state index contributed by atoms with van der Waals surface area (Å²) in [7, 11) is 0. The Hall–Kier alpha value is -3.76. The fourth-order valence-electron chi connectivity index (χ4n) is 4.19. The van der Waals surface area contributed by atoms with Gasteiger partial charge in [0, 0.05) is 42.2 Å². The minimum absolute atomic E-state index is 0.00622. The summed E-state index contributed by atoms with van der Waals surface area (Å²) < 4.78 is 55.4. The van der Waals surface area contributed by atoms with Crippen molar-refractivity contribution in [2.24, 2.45) is 11.8 Å². The number of fused-ring (bicyclic) bond motifs is 1. The zero-order chi connectivity index (χ0) is 25.9. The molecule has 0 fully saturated rings. The van der Waals surface area contributed by atoms with Crippen LogP contribution in [0.15, 0.2) is 42.5 Å². The molecule has 2 amide bonds. The Labute approximate surface area is 199 Å². The number of carbonyl (C=O) groups excluding carboxylic acids is 2. The average Bonchev–Trinajstić information content (AvgIpc) is 2.78. The summed E-state index contributed by atoms with van der Waals surface area (Å²) in [5.41, 5.74) is 0.487. The van der Waals surface area contributed by atoms with Gasteiger partial charge in [0.25, 0.3) is 5.91 Å². The van der Waals surface area contributed by atoms with Crippen molar-refractivity contribution < 1.29 is 31.9 Å². The van der Waals surface area contributed by atoms with Crippen LogP contribution < -0.4 is 10.1 Å². The van der Waals surface area contributed by atoms with E-state index in [0.717, 1.165) is 24.6 Å². The summed E-state index contributed by atoms with van der Waals surface area (Å²) in [6.45, 7) is 4.01. The maximum atomic E-state index is 13.8. The van der Waals surface area contributed by atoms with Gasteiger partial charge < -0.3 is 25.8 Å². The lowest BCUT2D eigenvalue weighted by Gasteiger charge is -2.44. The van der Waals surface area contributed by atoms with E-state index in [9.17, 15) is 27.2 Å². The van der Waals surface area contributed by atoms with Gasteiger partial charge in [0.2, 0.25) is 5.91 Å². The quantitative estimate of drug-likeness (QED) is 0.363. The highest BCUT2D eigenvalue weighted by molar-refractivity contribution is 6.05. The van der Waals surface area contributed by atoms with Crippen LogP contribution in [-0.2, 0) is 4.79 Å². The van der Waals surface area contributed by atoms with E-state index in [2.05, 4.69) is 10.1 Å². The highest BCUT2D eigenvalue weighted by Crippen LogP contribution is 2.38. The second kappa shape index (κ2) is 10.2. The lowest BCUT2D eigenvalue weighted by atomic mass is 9.76. The number of hydrogen-bond acceptors (Lipinski definition) is 5. The Kier molecular flexibility index (Phi) is 7.57. The first-order valence-corrected chi connectivity index (χ1v) is 10.7. The number of ether oxygens (including phenoxy) is 1. The maximum absolute atomic E-state index is 13.8. The first-order chi connectivity index (χ1) is 16.5. The van der Waals surface area contributed by atoms with E-state index in [1.165, 1.54) is 4.90 Å². The Morgan fingerprint density at radius 1 is 1.17 bits per heavy atom. The Bertz CT molecular complexity index is 1130. The number of halogens is 4. The van der Waals surface area contributed by atoms with Gasteiger partial charge >= 0.3 is 6.36 Å². The zero-order valence-corrected chi connectivity index (χ0v) is 18.9. The minimum atomic E-state index is -5.13. The molecule has 2 unspecified atom stereocenters. The third-order valence-electron chi connectivity index (χ3n) is 5.54. The monoisotopic (exact) mass is 492 g/mol. The van der Waals surface area contributed by atoms with E-state index in [0.29, 0.717) is 11.6 Å². The zero-order valence-electron chi connectivity index (χ0n) is 18.9. The summed E-state index contributed by atoms with van der Waals surface area (Å²) in [6.07, 6.45) is -3.19. The van der Waals surface area contributed by atoms with Crippen LogP contribution in [0.4, 0.5) is 23.2 Å². The fourth-order valence-corrected chi connectivity index (χ4v) is 4.19. The molecule has 0 spiro atoms. The lowest BCUT2D eigenvalue weighted by molar-refractivity contribution is -0.275. The van der Waals surface area contributed by atoms with Crippen LogP contribution in [0.25, 0.3) is 0 Å². The first kappa shape index (κ1) is 25.9. The summed E-state index contributed by atoms with van der Waals surface area (Å²) in [5, 5.41) is 18.1. The van der Waals surface area contributed by atoms with Crippen molar-refractivity contribution in [2.45, 2.75) is 32.2 Å². The third-order valence-corrected chi connectivity index (χ3v) is 5.54. The molecule has 0 aromatic heterocycles. The Balaban J connectivity index is 2.07. The third kappa shape index (κ3) is 5.67. The molecule has 35 heavy (non-hydrogen) atoms. The number of amides is 2. The molecule has 3 N–H and O–H groups in total. The van der Waals surface area contributed by atoms with E-state index in [4.69, 9.17) is 10.8 Å². The number of benzene rings is 2. The van der Waals surface area contributed by atoms with Crippen molar-refractivity contribution >= 4 is 29.9 Å². The minimum Gasteiger partial charge on any atom is -0.403 e. The van der Waals surface area contributed by atoms with Crippen LogP contribution in [0.5, 0.6) is 5.75 Å². The predicted octanol–water partition coefficient (Wildman–Crippen LogP) is 4.84. The van der Waals surface area contributed by atoms with Gasteiger partial charge in [-0.05, 0) is 29.7 Å². The molecule has 2 aromatic rings. The van der Waals surface area contributed by atoms with Crippen molar-refractivity contribution in [1.29, 1.82) is 10.8 Å². The second-order valence-electron chi connectivity index (χ2n) is 8.50. The summed E-state index contributed by atoms with van der Waals surface area (Å²) in [6, 6.07) is 8.04. The maximum Gasteiger partial charge on any atom is 0.573 e. The molecule has 3 rings (SSSR count). The number of rotatable bonds is 8. The second-order valence-corrected chi connectivity index (χ2v) is 8.50. The normalized spacial score (nSPS) is 18.6. The fraction of sp³-hybridized carbons (Fsp3) is 0.333. The molecule has 11 heteroatoms. The number of anilines is 1. The summed E-state index contributed by atoms with van der Waals surface area (Å²) in [5.74, 6) is -5.37. The van der Waals surface area contributed by atoms with Gasteiger partial charge in [-0.3, -0.25) is 9.59 Å². The molecule has 1 aliphatic rings. The molecule has 2 atom stereocenters. The van der Waals surface area contributed by atoms with Crippen LogP contribution in [0.3, 0.4) is 0 Å². The van der Waals surface area contributed by atoms with Crippen molar-refractivity contribution in [3.8, 4) is 5.75 Å². The topological polar surface area (TPSA) is 106 Å². The van der Waals surface area contributed by atoms with Crippen molar-refractivity contribution in [3.05, 3.63) is 59.4 Å². The molecule has 0 saturated carbocycles. The molecule has 7 nitrogen and oxygen atoms in total. The van der Waals surface area contributed by atoms with E-state index in [1.807, 2.05) is 13.8 Å². The molecule has 0 radical (unpaired) electrons. The molecule has 0 saturated heterocycles. The summed E-state index contributed by atoms with van der Waals surface area (Å²) in [4.78, 5) is 28.3. The van der Waals surface area contributed by atoms with Gasteiger partial charge in [0.05, 0.1) is 12.0 Å². The van der Waals surface area contributed by atoms with Crippen LogP contribution in [0.2, 0.25) is 0 Å². The molecule has 1 heterocycles. The van der Waals surface area contributed by atoms with E-state index < -0.39 is 41.7 Å². The van der Waals surface area contributed by atoms with Crippen molar-refractivity contribution in [1.82, 2.24) is 4.90 Å². The number of nitrogens with zero attached hydrogens (tertiary/aromatic N) is 1. The Morgan fingerprint density at radius 2 is 1.83 bits per heavy atom. The standard InChI is InChI=1S/C24H24F4N4O3/c1-13(2)12-32-21(14(10-29)11-30)20(16-5-3-4-6-17(16)23(32)34)22(33)31-15-7-8-18(25)19(9-15)35-24(26,27)28/h3-11,13-14,20-21,29-30H,12H2,1-2H3,(H,31,33). The highest BCUT2D eigenvalue weighted by Gasteiger charge is 2.46. The van der Waals surface area contributed by atoms with Crippen LogP contribution in [0.1, 0.15) is 35.7 Å². The van der Waals surface area contributed by atoms with Crippen LogP contribution in [-0.4, -0.2) is 48.1 Å². The molecule has 0 bridgehead atoms. The van der Waals surface area contributed by atoms with Gasteiger partial charge in [-0.2, -0.15) is 0 Å². The van der Waals surface area contributed by atoms with E-state index >= 15 is 0 Å². The van der Waals surface area contributed by atoms with Gasteiger partial charge in [0.1, 0.15) is 0 Å². The Morgan fingerprint density at radius 3 is 2.43 bits per heavy atom. The summed E-state index contributed by atoms with van der Waals surface area (Å²) >= 11 is 0. The number of carbonyl (C=O) groups is 2. The van der Waals surface area contributed by atoms with Gasteiger partial charge in [-0.25, -0.2) is 4.39 Å². The molecule has 2 aromatic carbocycles. The number of nitrogens with one attached hydrogen (secondary N) is 3. The average molecular weight is 492 g/mol. The van der Waals surface area contributed by atoms with Gasteiger partial charge in [-0.15, -0.1) is 13.2 Å². The number of hydrogen-bond donors (Lipinski definition) is 3. The van der Waals surface area contributed by atoms with Gasteiger partial charge in [0.15, 0.2) is 11.6 Å². The molecular formula is C24H24F4N4O3. The van der Waals surface area contributed by atoms with Gasteiger partial charge in [-0.1, -0.05) is 32.0 Å². The molecular weight excluding hydrogens is 468 g/mol. The van der Waals surface area contributed by atoms with Crippen LogP contribution >= 0.6 is 0 Å². The molecule has 1 aliphatic heterocycles. The predicted molar refractivity (Wildman–Crippen MR) is 122 cm³/mol. The first-order valence-electron chi connectivity index (χ1n) is 10.7. The van der Waals surface area contributed by atoms with Crippen LogP contribution in [0, 0.1) is 28.5 Å². The molecule has 186 valence electrons.